The number of Topliss-reactive ketones (excluding diaryl/α,β-unsaturated/α-hetero) is 1. The smallest absolute Gasteiger partial charge is 0.165 e. The van der Waals surface area contributed by atoms with Crippen molar-refractivity contribution in [3.8, 4) is 0 Å². The number of likely N-dealkylation sites (tertiary alicyclic amines) is 1. The average Bonchev–Trinajstić information content (AvgIpc) is 2.84. The third-order valence-corrected chi connectivity index (χ3v) is 4.85. The van der Waals surface area contributed by atoms with E-state index in [0.717, 1.165) is 17.6 Å². The molecule has 1 atom stereocenters. The lowest BCUT2D eigenvalue weighted by Gasteiger charge is -2.27. The van der Waals surface area contributed by atoms with E-state index >= 15 is 0 Å². The van der Waals surface area contributed by atoms with Crippen LogP contribution in [0.4, 0.5) is 0 Å². The Balaban J connectivity index is 1.95. The molecule has 110 valence electrons. The fourth-order valence-corrected chi connectivity index (χ4v) is 3.76. The highest BCUT2D eigenvalue weighted by molar-refractivity contribution is 9.10. The van der Waals surface area contributed by atoms with Gasteiger partial charge in [0.1, 0.15) is 0 Å². The minimum atomic E-state index is 0.136. The normalized spacial score (nSPS) is 19.8. The Bertz CT molecular complexity index is 489. The Morgan fingerprint density at radius 2 is 2.25 bits per heavy atom. The summed E-state index contributed by atoms with van der Waals surface area (Å²) in [5.74, 6) is 0.792. The Morgan fingerprint density at radius 3 is 2.90 bits per heavy atom. The predicted molar refractivity (Wildman–Crippen MR) is 87.5 cm³/mol. The monoisotopic (exact) mass is 357 g/mol. The number of nitrogens with zero attached hydrogens (tertiary/aromatic N) is 1. The molecule has 0 spiro atoms. The van der Waals surface area contributed by atoms with Crippen LogP contribution < -0.4 is 0 Å². The van der Waals surface area contributed by atoms with E-state index in [9.17, 15) is 4.79 Å². The molecule has 0 saturated carbocycles. The first kappa shape index (κ1) is 16.0. The van der Waals surface area contributed by atoms with E-state index in [1.54, 1.807) is 12.1 Å². The largest absolute Gasteiger partial charge is 0.300 e. The van der Waals surface area contributed by atoms with E-state index in [1.807, 2.05) is 6.07 Å². The minimum Gasteiger partial charge on any atom is -0.300 e. The molecule has 1 aliphatic rings. The van der Waals surface area contributed by atoms with E-state index in [2.05, 4.69) is 34.7 Å². The number of ketones is 1. The third-order valence-electron chi connectivity index (χ3n) is 4.04. The van der Waals surface area contributed by atoms with Gasteiger partial charge in [-0.15, -0.1) is 0 Å². The lowest BCUT2D eigenvalue weighted by molar-refractivity contribution is 0.0954. The van der Waals surface area contributed by atoms with Crippen LogP contribution in [0.1, 0.15) is 43.5 Å². The summed E-state index contributed by atoms with van der Waals surface area (Å²) in [5, 5.41) is 0.534. The van der Waals surface area contributed by atoms with E-state index in [-0.39, 0.29) is 5.78 Å². The number of carbonyl (C=O) groups excluding carboxylic acids is 1. The highest BCUT2D eigenvalue weighted by atomic mass is 79.9. The topological polar surface area (TPSA) is 20.3 Å². The van der Waals surface area contributed by atoms with Gasteiger partial charge in [-0.3, -0.25) is 9.69 Å². The molecule has 1 aromatic rings. The summed E-state index contributed by atoms with van der Waals surface area (Å²) < 4.78 is 0.901. The molecule has 0 aromatic heterocycles. The zero-order chi connectivity index (χ0) is 14.7. The molecule has 0 N–H and O–H groups in total. The van der Waals surface area contributed by atoms with Crippen molar-refractivity contribution in [3.05, 3.63) is 33.3 Å². The molecule has 20 heavy (non-hydrogen) atoms. The summed E-state index contributed by atoms with van der Waals surface area (Å²) in [6, 6.07) is 6.08. The zero-order valence-electron chi connectivity index (χ0n) is 12.0. The van der Waals surface area contributed by atoms with Crippen molar-refractivity contribution in [2.75, 3.05) is 13.1 Å². The maximum Gasteiger partial charge on any atom is 0.165 e. The SMILES string of the molecule is CC(C)C1CCCN1CCC(=O)c1ccc(Br)cc1Cl. The Kier molecular flexibility index (Phi) is 5.65. The number of carbonyl (C=O) groups is 1. The van der Waals surface area contributed by atoms with Crippen molar-refractivity contribution < 1.29 is 4.79 Å². The van der Waals surface area contributed by atoms with E-state index in [4.69, 9.17) is 11.6 Å². The Labute approximate surface area is 134 Å². The van der Waals surface area contributed by atoms with Crippen LogP contribution in [0.15, 0.2) is 22.7 Å². The lowest BCUT2D eigenvalue weighted by Crippen LogP contribution is -2.35. The maximum atomic E-state index is 12.3. The second kappa shape index (κ2) is 7.06. The summed E-state index contributed by atoms with van der Waals surface area (Å²) in [7, 11) is 0. The summed E-state index contributed by atoms with van der Waals surface area (Å²) >= 11 is 9.49. The van der Waals surface area contributed by atoms with Crippen LogP contribution in [-0.2, 0) is 0 Å². The standard InChI is InChI=1S/C16H21BrClNO/c1-11(2)15-4-3-8-19(15)9-7-16(20)13-6-5-12(17)10-14(13)18/h5-6,10-11,15H,3-4,7-9H2,1-2H3. The number of halogens is 2. The van der Waals surface area contributed by atoms with Crippen LogP contribution in [0.2, 0.25) is 5.02 Å². The number of hydrogen-bond acceptors (Lipinski definition) is 2. The van der Waals surface area contributed by atoms with Crippen LogP contribution in [0, 0.1) is 5.92 Å². The Morgan fingerprint density at radius 1 is 1.50 bits per heavy atom. The molecule has 1 saturated heterocycles. The molecular weight excluding hydrogens is 338 g/mol. The fraction of sp³-hybridized carbons (Fsp3) is 0.562. The zero-order valence-corrected chi connectivity index (χ0v) is 14.4. The van der Waals surface area contributed by atoms with Crippen molar-refractivity contribution in [3.63, 3.8) is 0 Å². The maximum absolute atomic E-state index is 12.3. The number of hydrogen-bond donors (Lipinski definition) is 0. The van der Waals surface area contributed by atoms with Gasteiger partial charge in [-0.05, 0) is 43.5 Å². The fourth-order valence-electron chi connectivity index (χ4n) is 2.98. The van der Waals surface area contributed by atoms with Gasteiger partial charge in [-0.2, -0.15) is 0 Å². The van der Waals surface area contributed by atoms with Gasteiger partial charge in [-0.25, -0.2) is 0 Å². The van der Waals surface area contributed by atoms with Crippen LogP contribution in [-0.4, -0.2) is 29.8 Å². The van der Waals surface area contributed by atoms with Crippen molar-refractivity contribution in [2.45, 2.75) is 39.2 Å². The molecular formula is C16H21BrClNO. The summed E-state index contributed by atoms with van der Waals surface area (Å²) in [4.78, 5) is 14.7. The van der Waals surface area contributed by atoms with Gasteiger partial charge in [0.15, 0.2) is 5.78 Å². The van der Waals surface area contributed by atoms with Gasteiger partial charge in [-0.1, -0.05) is 41.4 Å². The minimum absolute atomic E-state index is 0.136. The van der Waals surface area contributed by atoms with Gasteiger partial charge in [0.25, 0.3) is 0 Å². The van der Waals surface area contributed by atoms with Gasteiger partial charge in [0, 0.05) is 29.0 Å². The molecule has 0 bridgehead atoms. The van der Waals surface area contributed by atoms with Crippen molar-refractivity contribution in [1.82, 2.24) is 4.90 Å². The first-order valence-corrected chi connectivity index (χ1v) is 8.38. The van der Waals surface area contributed by atoms with E-state index in [1.165, 1.54) is 12.8 Å². The second-order valence-electron chi connectivity index (χ2n) is 5.79. The molecule has 2 rings (SSSR count). The lowest BCUT2D eigenvalue weighted by atomic mass is 10.0. The van der Waals surface area contributed by atoms with Gasteiger partial charge < -0.3 is 0 Å². The summed E-state index contributed by atoms with van der Waals surface area (Å²) in [6.07, 6.45) is 3.05. The van der Waals surface area contributed by atoms with Crippen molar-refractivity contribution in [2.24, 2.45) is 5.92 Å². The number of benzene rings is 1. The molecule has 1 heterocycles. The summed E-state index contributed by atoms with van der Waals surface area (Å²) in [5.41, 5.74) is 0.634. The molecule has 2 nitrogen and oxygen atoms in total. The number of rotatable bonds is 5. The Hall–Kier alpha value is -0.380. The van der Waals surface area contributed by atoms with Crippen molar-refractivity contribution >= 4 is 33.3 Å². The first-order valence-electron chi connectivity index (χ1n) is 7.21. The van der Waals surface area contributed by atoms with Crippen LogP contribution in [0.3, 0.4) is 0 Å². The highest BCUT2D eigenvalue weighted by Crippen LogP contribution is 2.25. The first-order chi connectivity index (χ1) is 9.49. The average molecular weight is 359 g/mol. The van der Waals surface area contributed by atoms with Gasteiger partial charge >= 0.3 is 0 Å². The van der Waals surface area contributed by atoms with Crippen LogP contribution in [0.25, 0.3) is 0 Å². The molecule has 0 radical (unpaired) electrons. The van der Waals surface area contributed by atoms with Gasteiger partial charge in [0.05, 0.1) is 5.02 Å². The highest BCUT2D eigenvalue weighted by Gasteiger charge is 2.27. The van der Waals surface area contributed by atoms with Crippen molar-refractivity contribution in [1.29, 1.82) is 0 Å². The molecule has 1 aliphatic heterocycles. The second-order valence-corrected chi connectivity index (χ2v) is 7.11. The summed E-state index contributed by atoms with van der Waals surface area (Å²) in [6.45, 7) is 6.48. The van der Waals surface area contributed by atoms with E-state index in [0.29, 0.717) is 29.0 Å². The molecule has 1 aromatic carbocycles. The molecule has 0 amide bonds. The molecule has 1 unspecified atom stereocenters. The molecule has 4 heteroatoms. The van der Waals surface area contributed by atoms with Crippen LogP contribution >= 0.6 is 27.5 Å². The van der Waals surface area contributed by atoms with Gasteiger partial charge in [0.2, 0.25) is 0 Å². The van der Waals surface area contributed by atoms with E-state index < -0.39 is 0 Å². The molecule has 0 aliphatic carbocycles. The van der Waals surface area contributed by atoms with Crippen LogP contribution in [0.5, 0.6) is 0 Å². The third kappa shape index (κ3) is 3.84. The quantitative estimate of drug-likeness (QED) is 0.705. The molecule has 1 fully saturated rings. The predicted octanol–water partition coefficient (Wildman–Crippen LogP) is 4.80.